The Hall–Kier alpha value is -2.40. The average Bonchev–Trinajstić information content (AvgIpc) is 2.85. The number of esters is 2. The number of carbonyl (C=O) groups is 2. The summed E-state index contributed by atoms with van der Waals surface area (Å²) in [6.07, 6.45) is -0.520. The zero-order chi connectivity index (χ0) is 18.1. The highest BCUT2D eigenvalue weighted by molar-refractivity contribution is 9.10. The van der Waals surface area contributed by atoms with Crippen molar-refractivity contribution in [3.8, 4) is 5.75 Å². The zero-order valence-electron chi connectivity index (χ0n) is 13.9. The summed E-state index contributed by atoms with van der Waals surface area (Å²) in [5.74, 6) is -0.656. The molecule has 4 nitrogen and oxygen atoms in total. The van der Waals surface area contributed by atoms with Crippen LogP contribution >= 0.6 is 15.9 Å². The van der Waals surface area contributed by atoms with Crippen molar-refractivity contribution in [2.45, 2.75) is 25.9 Å². The van der Waals surface area contributed by atoms with Gasteiger partial charge in [-0.25, -0.2) is 4.79 Å². The first-order chi connectivity index (χ1) is 11.9. The van der Waals surface area contributed by atoms with Crippen LogP contribution in [-0.4, -0.2) is 11.9 Å². The summed E-state index contributed by atoms with van der Waals surface area (Å²) in [5, 5.41) is 0. The molecule has 2 atom stereocenters. The van der Waals surface area contributed by atoms with Crippen molar-refractivity contribution in [3.63, 3.8) is 0 Å². The lowest BCUT2D eigenvalue weighted by molar-refractivity contribution is -0.139. The predicted octanol–water partition coefficient (Wildman–Crippen LogP) is 4.62. The first-order valence-electron chi connectivity index (χ1n) is 7.81. The van der Waals surface area contributed by atoms with Gasteiger partial charge in [-0.2, -0.15) is 0 Å². The number of hydrogen-bond acceptors (Lipinski definition) is 4. The monoisotopic (exact) mass is 400 g/mol. The van der Waals surface area contributed by atoms with E-state index in [9.17, 15) is 9.59 Å². The Kier molecular flexibility index (Phi) is 4.77. The predicted molar refractivity (Wildman–Crippen MR) is 97.3 cm³/mol. The van der Waals surface area contributed by atoms with Crippen LogP contribution in [0.5, 0.6) is 5.75 Å². The van der Waals surface area contributed by atoms with Gasteiger partial charge in [-0.1, -0.05) is 52.8 Å². The van der Waals surface area contributed by atoms with Crippen LogP contribution in [0.1, 0.15) is 35.6 Å². The van der Waals surface area contributed by atoms with Gasteiger partial charge in [0.05, 0.1) is 5.92 Å². The lowest BCUT2D eigenvalue weighted by atomic mass is 9.86. The largest absolute Gasteiger partial charge is 0.453 e. The molecule has 1 aliphatic rings. The van der Waals surface area contributed by atoms with Gasteiger partial charge in [0, 0.05) is 17.0 Å². The number of ether oxygens (including phenoxy) is 2. The number of aryl methyl sites for hydroxylation is 1. The summed E-state index contributed by atoms with van der Waals surface area (Å²) < 4.78 is 11.7. The van der Waals surface area contributed by atoms with Crippen molar-refractivity contribution in [2.24, 2.45) is 0 Å². The van der Waals surface area contributed by atoms with Gasteiger partial charge in [-0.3, -0.25) is 4.79 Å². The van der Waals surface area contributed by atoms with E-state index in [1.165, 1.54) is 6.92 Å². The van der Waals surface area contributed by atoms with Crippen molar-refractivity contribution in [2.75, 3.05) is 0 Å². The molecule has 1 heterocycles. The molecular formula is C20H17BrO4. The van der Waals surface area contributed by atoms with E-state index in [1.807, 2.05) is 43.3 Å². The van der Waals surface area contributed by atoms with E-state index < -0.39 is 18.0 Å². The molecule has 1 fully saturated rings. The normalized spacial score (nSPS) is 19.6. The Morgan fingerprint density at radius 1 is 1.24 bits per heavy atom. The SMILES string of the molecule is C=C1C(=O)O[C@H](c2ccc(C)c(OC(C)=O)c2)[C@@H]1c1ccccc1Br. The quantitative estimate of drug-likeness (QED) is 0.428. The van der Waals surface area contributed by atoms with Crippen molar-refractivity contribution in [1.82, 2.24) is 0 Å². The van der Waals surface area contributed by atoms with Gasteiger partial charge in [-0.05, 0) is 35.7 Å². The van der Waals surface area contributed by atoms with Gasteiger partial charge >= 0.3 is 11.9 Å². The molecule has 0 aliphatic carbocycles. The lowest BCUT2D eigenvalue weighted by Crippen LogP contribution is -2.09. The Balaban J connectivity index is 2.06. The van der Waals surface area contributed by atoms with Crippen LogP contribution in [0.3, 0.4) is 0 Å². The number of hydrogen-bond donors (Lipinski definition) is 0. The van der Waals surface area contributed by atoms with E-state index in [2.05, 4.69) is 22.5 Å². The first kappa shape index (κ1) is 17.4. The number of rotatable bonds is 3. The summed E-state index contributed by atoms with van der Waals surface area (Å²) >= 11 is 3.54. The Labute approximate surface area is 154 Å². The van der Waals surface area contributed by atoms with Gasteiger partial charge in [0.25, 0.3) is 0 Å². The van der Waals surface area contributed by atoms with Crippen LogP contribution < -0.4 is 4.74 Å². The van der Waals surface area contributed by atoms with Gasteiger partial charge in [0.1, 0.15) is 11.9 Å². The fraction of sp³-hybridized carbons (Fsp3) is 0.200. The molecule has 0 bridgehead atoms. The number of carbonyl (C=O) groups excluding carboxylic acids is 2. The van der Waals surface area contributed by atoms with Crippen molar-refractivity contribution in [1.29, 1.82) is 0 Å². The molecule has 128 valence electrons. The number of cyclic esters (lactones) is 1. The maximum absolute atomic E-state index is 12.2. The lowest BCUT2D eigenvalue weighted by Gasteiger charge is -2.20. The van der Waals surface area contributed by atoms with E-state index in [0.717, 1.165) is 21.2 Å². The van der Waals surface area contributed by atoms with Crippen molar-refractivity contribution >= 4 is 27.9 Å². The molecule has 0 N–H and O–H groups in total. The number of benzene rings is 2. The van der Waals surface area contributed by atoms with Gasteiger partial charge in [0.15, 0.2) is 0 Å². The summed E-state index contributed by atoms with van der Waals surface area (Å²) in [7, 11) is 0. The van der Waals surface area contributed by atoms with Crippen molar-refractivity contribution < 1.29 is 19.1 Å². The topological polar surface area (TPSA) is 52.6 Å². The molecule has 0 amide bonds. The maximum Gasteiger partial charge on any atom is 0.334 e. The van der Waals surface area contributed by atoms with E-state index in [0.29, 0.717) is 11.3 Å². The minimum atomic E-state index is -0.520. The Morgan fingerprint density at radius 3 is 2.64 bits per heavy atom. The second-order valence-electron chi connectivity index (χ2n) is 5.97. The molecular weight excluding hydrogens is 384 g/mol. The van der Waals surface area contributed by atoms with E-state index in [4.69, 9.17) is 9.47 Å². The molecule has 25 heavy (non-hydrogen) atoms. The molecule has 1 aliphatic heterocycles. The highest BCUT2D eigenvalue weighted by Gasteiger charge is 2.41. The number of halogens is 1. The third kappa shape index (κ3) is 3.37. The van der Waals surface area contributed by atoms with Crippen LogP contribution in [0.4, 0.5) is 0 Å². The van der Waals surface area contributed by atoms with Gasteiger partial charge < -0.3 is 9.47 Å². The molecule has 3 rings (SSSR count). The van der Waals surface area contributed by atoms with Gasteiger partial charge in [-0.15, -0.1) is 0 Å². The molecule has 1 saturated heterocycles. The molecule has 0 saturated carbocycles. The molecule has 2 aromatic rings. The molecule has 2 aromatic carbocycles. The molecule has 0 spiro atoms. The van der Waals surface area contributed by atoms with Crippen LogP contribution in [0.15, 0.2) is 59.1 Å². The third-order valence-corrected chi connectivity index (χ3v) is 4.93. The van der Waals surface area contributed by atoms with Gasteiger partial charge in [0.2, 0.25) is 0 Å². The minimum Gasteiger partial charge on any atom is -0.453 e. The minimum absolute atomic E-state index is 0.309. The van der Waals surface area contributed by atoms with Crippen LogP contribution in [-0.2, 0) is 14.3 Å². The van der Waals surface area contributed by atoms with E-state index >= 15 is 0 Å². The molecule has 0 aromatic heterocycles. The van der Waals surface area contributed by atoms with Crippen molar-refractivity contribution in [3.05, 3.63) is 75.8 Å². The smallest absolute Gasteiger partial charge is 0.334 e. The summed E-state index contributed by atoms with van der Waals surface area (Å²) in [6, 6.07) is 13.2. The molecule has 5 heteroatoms. The van der Waals surface area contributed by atoms with Crippen LogP contribution in [0.25, 0.3) is 0 Å². The molecule has 0 radical (unpaired) electrons. The third-order valence-electron chi connectivity index (χ3n) is 4.21. The maximum atomic E-state index is 12.2. The van der Waals surface area contributed by atoms with Crippen LogP contribution in [0.2, 0.25) is 0 Å². The molecule has 0 unspecified atom stereocenters. The second kappa shape index (κ2) is 6.84. The first-order valence-corrected chi connectivity index (χ1v) is 8.61. The van der Waals surface area contributed by atoms with Crippen LogP contribution in [0, 0.1) is 6.92 Å². The summed E-state index contributed by atoms with van der Waals surface area (Å²) in [6.45, 7) is 7.13. The fourth-order valence-electron chi connectivity index (χ4n) is 2.97. The summed E-state index contributed by atoms with van der Waals surface area (Å²) in [4.78, 5) is 23.5. The average molecular weight is 401 g/mol. The standard InChI is InChI=1S/C20H17BrO4/c1-11-8-9-14(10-17(11)24-13(3)22)19-18(12(2)20(23)25-19)15-6-4-5-7-16(15)21/h4-10,18-19H,2H2,1,3H3/t18-,19+/m0/s1. The van der Waals surface area contributed by atoms with E-state index in [-0.39, 0.29) is 5.92 Å². The Morgan fingerprint density at radius 2 is 1.96 bits per heavy atom. The highest BCUT2D eigenvalue weighted by Crippen LogP contribution is 2.47. The second-order valence-corrected chi connectivity index (χ2v) is 6.82. The summed E-state index contributed by atoms with van der Waals surface area (Å²) in [5.41, 5.74) is 2.93. The van der Waals surface area contributed by atoms with E-state index in [1.54, 1.807) is 6.07 Å². The zero-order valence-corrected chi connectivity index (χ0v) is 15.5. The fourth-order valence-corrected chi connectivity index (χ4v) is 3.50. The highest BCUT2D eigenvalue weighted by atomic mass is 79.9. The Bertz CT molecular complexity index is 872.